The van der Waals surface area contributed by atoms with Gasteiger partial charge >= 0.3 is 5.97 Å². The van der Waals surface area contributed by atoms with E-state index in [1.807, 2.05) is 0 Å². The van der Waals surface area contributed by atoms with E-state index in [0.29, 0.717) is 10.5 Å². The van der Waals surface area contributed by atoms with Crippen molar-refractivity contribution in [3.8, 4) is 5.75 Å². The standard InChI is InChI=1S/C10H12O4S/c1-7(11)14-6-8-3-4-9(12)10(5-8)15(2)13/h3-5,12H,6H2,1-2H3. The van der Waals surface area contributed by atoms with Gasteiger partial charge in [0.25, 0.3) is 0 Å². The smallest absolute Gasteiger partial charge is 0.302 e. The van der Waals surface area contributed by atoms with Crippen molar-refractivity contribution in [1.29, 1.82) is 0 Å². The second-order valence-electron chi connectivity index (χ2n) is 3.04. The first kappa shape index (κ1) is 11.7. The molecule has 0 aliphatic heterocycles. The molecule has 82 valence electrons. The minimum absolute atomic E-state index is 0.0117. The molecule has 15 heavy (non-hydrogen) atoms. The summed E-state index contributed by atoms with van der Waals surface area (Å²) in [4.78, 5) is 10.9. The normalized spacial score (nSPS) is 12.1. The van der Waals surface area contributed by atoms with Crippen molar-refractivity contribution in [2.24, 2.45) is 0 Å². The van der Waals surface area contributed by atoms with Crippen LogP contribution in [0.4, 0.5) is 0 Å². The van der Waals surface area contributed by atoms with Crippen molar-refractivity contribution in [1.82, 2.24) is 0 Å². The van der Waals surface area contributed by atoms with Gasteiger partial charge in [-0.3, -0.25) is 9.00 Å². The van der Waals surface area contributed by atoms with Crippen molar-refractivity contribution in [3.63, 3.8) is 0 Å². The van der Waals surface area contributed by atoms with Gasteiger partial charge in [0.05, 0.1) is 15.7 Å². The molecule has 1 unspecified atom stereocenters. The molecule has 0 aliphatic carbocycles. The fourth-order valence-electron chi connectivity index (χ4n) is 1.06. The lowest BCUT2D eigenvalue weighted by molar-refractivity contribution is -0.142. The lowest BCUT2D eigenvalue weighted by Crippen LogP contribution is -1.99. The van der Waals surface area contributed by atoms with Gasteiger partial charge in [0.1, 0.15) is 12.4 Å². The molecule has 1 aromatic carbocycles. The third kappa shape index (κ3) is 3.36. The SMILES string of the molecule is CC(=O)OCc1ccc(O)c(S(C)=O)c1. The van der Waals surface area contributed by atoms with Crippen LogP contribution < -0.4 is 0 Å². The molecule has 5 heteroatoms. The Balaban J connectivity index is 2.87. The second-order valence-corrected chi connectivity index (χ2v) is 4.38. The summed E-state index contributed by atoms with van der Waals surface area (Å²) >= 11 is 0. The molecule has 0 amide bonds. The number of rotatable bonds is 3. The van der Waals surface area contributed by atoms with Crippen LogP contribution in [-0.2, 0) is 26.9 Å². The number of carbonyl (C=O) groups excluding carboxylic acids is 1. The largest absolute Gasteiger partial charge is 0.507 e. The summed E-state index contributed by atoms with van der Waals surface area (Å²) in [5.74, 6) is -0.385. The Morgan fingerprint density at radius 3 is 2.73 bits per heavy atom. The van der Waals surface area contributed by atoms with Gasteiger partial charge in [-0.2, -0.15) is 0 Å². The zero-order chi connectivity index (χ0) is 11.4. The van der Waals surface area contributed by atoms with E-state index in [-0.39, 0.29) is 18.3 Å². The van der Waals surface area contributed by atoms with E-state index in [1.165, 1.54) is 19.2 Å². The van der Waals surface area contributed by atoms with Crippen LogP contribution in [0.25, 0.3) is 0 Å². The van der Waals surface area contributed by atoms with Crippen LogP contribution in [0, 0.1) is 0 Å². The first-order valence-electron chi connectivity index (χ1n) is 4.29. The monoisotopic (exact) mass is 228 g/mol. The van der Waals surface area contributed by atoms with Crippen LogP contribution in [0.3, 0.4) is 0 Å². The van der Waals surface area contributed by atoms with E-state index in [1.54, 1.807) is 12.1 Å². The fourth-order valence-corrected chi connectivity index (χ4v) is 1.74. The topological polar surface area (TPSA) is 63.6 Å². The number of phenols is 1. The highest BCUT2D eigenvalue weighted by molar-refractivity contribution is 7.84. The van der Waals surface area contributed by atoms with Crippen molar-refractivity contribution in [3.05, 3.63) is 23.8 Å². The first-order chi connectivity index (χ1) is 7.00. The van der Waals surface area contributed by atoms with Crippen LogP contribution in [-0.4, -0.2) is 21.5 Å². The summed E-state index contributed by atoms with van der Waals surface area (Å²) in [7, 11) is -1.26. The third-order valence-electron chi connectivity index (χ3n) is 1.78. The van der Waals surface area contributed by atoms with Gasteiger partial charge < -0.3 is 9.84 Å². The van der Waals surface area contributed by atoms with E-state index in [9.17, 15) is 14.1 Å². The maximum Gasteiger partial charge on any atom is 0.302 e. The molecule has 0 aliphatic rings. The zero-order valence-electron chi connectivity index (χ0n) is 8.52. The number of hydrogen-bond donors (Lipinski definition) is 1. The zero-order valence-corrected chi connectivity index (χ0v) is 9.34. The van der Waals surface area contributed by atoms with Crippen LogP contribution in [0.2, 0.25) is 0 Å². The number of benzene rings is 1. The molecule has 1 aromatic rings. The van der Waals surface area contributed by atoms with Crippen molar-refractivity contribution < 1.29 is 18.8 Å². The Labute approximate surface area is 90.3 Å². The molecule has 0 radical (unpaired) electrons. The van der Waals surface area contributed by atoms with E-state index in [0.717, 1.165) is 0 Å². The molecular weight excluding hydrogens is 216 g/mol. The summed E-state index contributed by atoms with van der Waals surface area (Å²) in [5, 5.41) is 9.38. The molecule has 0 saturated heterocycles. The second kappa shape index (κ2) is 4.93. The molecule has 4 nitrogen and oxygen atoms in total. The predicted molar refractivity (Wildman–Crippen MR) is 55.9 cm³/mol. The van der Waals surface area contributed by atoms with Crippen molar-refractivity contribution in [2.45, 2.75) is 18.4 Å². The average molecular weight is 228 g/mol. The Kier molecular flexibility index (Phi) is 3.85. The van der Waals surface area contributed by atoms with Gasteiger partial charge in [0, 0.05) is 13.2 Å². The Bertz CT molecular complexity index is 400. The molecule has 1 N–H and O–H groups in total. The lowest BCUT2D eigenvalue weighted by Gasteiger charge is -2.05. The summed E-state index contributed by atoms with van der Waals surface area (Å²) in [5.41, 5.74) is 0.702. The Hall–Kier alpha value is -1.36. The molecule has 0 aromatic heterocycles. The van der Waals surface area contributed by atoms with Crippen molar-refractivity contribution in [2.75, 3.05) is 6.26 Å². The summed E-state index contributed by atoms with van der Waals surface area (Å²) < 4.78 is 16.0. The van der Waals surface area contributed by atoms with Gasteiger partial charge in [-0.25, -0.2) is 0 Å². The molecule has 0 bridgehead atoms. The average Bonchev–Trinajstić information content (AvgIpc) is 2.16. The third-order valence-corrected chi connectivity index (χ3v) is 2.72. The molecule has 0 fully saturated rings. The fraction of sp³-hybridized carbons (Fsp3) is 0.300. The number of esters is 1. The summed E-state index contributed by atoms with van der Waals surface area (Å²) in [6.07, 6.45) is 1.48. The number of ether oxygens (including phenoxy) is 1. The Morgan fingerprint density at radius 2 is 2.20 bits per heavy atom. The number of hydrogen-bond acceptors (Lipinski definition) is 4. The molecule has 0 spiro atoms. The van der Waals surface area contributed by atoms with E-state index in [4.69, 9.17) is 4.74 Å². The minimum atomic E-state index is -1.26. The molecule has 0 heterocycles. The van der Waals surface area contributed by atoms with E-state index >= 15 is 0 Å². The molecular formula is C10H12O4S. The first-order valence-corrected chi connectivity index (χ1v) is 5.85. The summed E-state index contributed by atoms with van der Waals surface area (Å²) in [6.45, 7) is 1.44. The highest BCUT2D eigenvalue weighted by Gasteiger charge is 2.06. The van der Waals surface area contributed by atoms with Crippen LogP contribution in [0.5, 0.6) is 5.75 Å². The van der Waals surface area contributed by atoms with Crippen LogP contribution in [0.15, 0.2) is 23.1 Å². The number of aromatic hydroxyl groups is 1. The van der Waals surface area contributed by atoms with Gasteiger partial charge in [0.2, 0.25) is 0 Å². The number of phenolic OH excluding ortho intramolecular Hbond substituents is 1. The Morgan fingerprint density at radius 1 is 1.53 bits per heavy atom. The van der Waals surface area contributed by atoms with Crippen LogP contribution in [0.1, 0.15) is 12.5 Å². The lowest BCUT2D eigenvalue weighted by atomic mass is 10.2. The van der Waals surface area contributed by atoms with E-state index < -0.39 is 10.8 Å². The highest BCUT2D eigenvalue weighted by Crippen LogP contribution is 2.21. The van der Waals surface area contributed by atoms with Gasteiger partial charge in [-0.05, 0) is 17.7 Å². The predicted octanol–water partition coefficient (Wildman–Crippen LogP) is 1.19. The van der Waals surface area contributed by atoms with Crippen molar-refractivity contribution >= 4 is 16.8 Å². The molecule has 1 rings (SSSR count). The number of carbonyl (C=O) groups is 1. The van der Waals surface area contributed by atoms with E-state index in [2.05, 4.69) is 0 Å². The van der Waals surface area contributed by atoms with Crippen LogP contribution >= 0.6 is 0 Å². The molecule has 1 atom stereocenters. The van der Waals surface area contributed by atoms with Gasteiger partial charge in [0.15, 0.2) is 0 Å². The van der Waals surface area contributed by atoms with Gasteiger partial charge in [-0.1, -0.05) is 6.07 Å². The quantitative estimate of drug-likeness (QED) is 0.789. The highest BCUT2D eigenvalue weighted by atomic mass is 32.2. The van der Waals surface area contributed by atoms with Gasteiger partial charge in [-0.15, -0.1) is 0 Å². The maximum atomic E-state index is 11.2. The maximum absolute atomic E-state index is 11.2. The summed E-state index contributed by atoms with van der Waals surface area (Å²) in [6, 6.07) is 4.62. The minimum Gasteiger partial charge on any atom is -0.507 e. The molecule has 0 saturated carbocycles.